The van der Waals surface area contributed by atoms with Crippen molar-refractivity contribution in [2.75, 3.05) is 0 Å². The molecule has 0 bridgehead atoms. The number of aromatic nitrogens is 1. The fraction of sp³-hybridized carbons (Fsp3) is 0.0588. The predicted molar refractivity (Wildman–Crippen MR) is 86.0 cm³/mol. The van der Waals surface area contributed by atoms with E-state index < -0.39 is 17.7 Å². The molecule has 0 spiro atoms. The lowest BCUT2D eigenvalue weighted by Gasteiger charge is -2.07. The van der Waals surface area contributed by atoms with E-state index in [1.54, 1.807) is 17.5 Å². The van der Waals surface area contributed by atoms with Gasteiger partial charge in [0.05, 0.1) is 16.8 Å². The molecule has 4 nitrogen and oxygen atoms in total. The van der Waals surface area contributed by atoms with E-state index >= 15 is 0 Å². The highest BCUT2D eigenvalue weighted by Gasteiger charge is 2.30. The average molecular weight is 365 g/mol. The molecule has 8 heteroatoms. The third-order valence-electron chi connectivity index (χ3n) is 3.30. The number of nitrogens with zero attached hydrogens (tertiary/aromatic N) is 1. The standard InChI is InChI=1S/C17H10F3NO3S/c18-17(19,20)12-5-7-13(8-6-12)24-16-21-14(9-25-16)10-1-3-11(4-2-10)15(22)23/h1-9H,(H,22,23). The minimum atomic E-state index is -4.39. The summed E-state index contributed by atoms with van der Waals surface area (Å²) in [5.74, 6) is -0.772. The van der Waals surface area contributed by atoms with Crippen LogP contribution >= 0.6 is 11.3 Å². The number of halogens is 3. The van der Waals surface area contributed by atoms with E-state index in [1.807, 2.05) is 0 Å². The van der Waals surface area contributed by atoms with E-state index in [9.17, 15) is 18.0 Å². The lowest BCUT2D eigenvalue weighted by atomic mass is 10.1. The highest BCUT2D eigenvalue weighted by atomic mass is 32.1. The Kier molecular flexibility index (Phi) is 4.45. The summed E-state index contributed by atoms with van der Waals surface area (Å²) >= 11 is 1.19. The van der Waals surface area contributed by atoms with Crippen LogP contribution in [0.4, 0.5) is 13.2 Å². The SMILES string of the molecule is O=C(O)c1ccc(-c2csc(Oc3ccc(C(F)(F)F)cc3)n2)cc1. The number of hydrogen-bond donors (Lipinski definition) is 1. The molecule has 3 aromatic rings. The maximum Gasteiger partial charge on any atom is 0.416 e. The Labute approximate surface area is 144 Å². The summed E-state index contributed by atoms with van der Waals surface area (Å²) in [6.07, 6.45) is -4.39. The Morgan fingerprint density at radius 2 is 1.68 bits per heavy atom. The van der Waals surface area contributed by atoms with Crippen molar-refractivity contribution in [1.82, 2.24) is 4.98 Å². The van der Waals surface area contributed by atoms with E-state index in [4.69, 9.17) is 9.84 Å². The smallest absolute Gasteiger partial charge is 0.416 e. The van der Waals surface area contributed by atoms with Crippen molar-refractivity contribution in [2.45, 2.75) is 6.18 Å². The molecule has 0 amide bonds. The lowest BCUT2D eigenvalue weighted by Crippen LogP contribution is -2.03. The maximum atomic E-state index is 12.5. The highest BCUT2D eigenvalue weighted by molar-refractivity contribution is 7.11. The predicted octanol–water partition coefficient (Wildman–Crippen LogP) is 5.32. The zero-order chi connectivity index (χ0) is 18.0. The number of carbonyl (C=O) groups is 1. The summed E-state index contributed by atoms with van der Waals surface area (Å²) in [5.41, 5.74) is 0.714. The number of carboxylic acid groups (broad SMARTS) is 1. The van der Waals surface area contributed by atoms with E-state index in [0.29, 0.717) is 11.3 Å². The van der Waals surface area contributed by atoms with Gasteiger partial charge in [0.1, 0.15) is 5.75 Å². The zero-order valence-corrected chi connectivity index (χ0v) is 13.3. The summed E-state index contributed by atoms with van der Waals surface area (Å²) in [4.78, 5) is 15.1. The van der Waals surface area contributed by atoms with Crippen molar-refractivity contribution in [3.63, 3.8) is 0 Å². The molecule has 0 unspecified atom stereocenters. The quantitative estimate of drug-likeness (QED) is 0.680. The van der Waals surface area contributed by atoms with Gasteiger partial charge in [-0.15, -0.1) is 0 Å². The number of alkyl halides is 3. The van der Waals surface area contributed by atoms with E-state index in [0.717, 1.165) is 12.1 Å². The van der Waals surface area contributed by atoms with Crippen LogP contribution in [-0.4, -0.2) is 16.1 Å². The Morgan fingerprint density at radius 1 is 1.04 bits per heavy atom. The molecule has 3 rings (SSSR count). The molecule has 25 heavy (non-hydrogen) atoms. The van der Waals surface area contributed by atoms with E-state index in [1.165, 1.54) is 35.6 Å². The zero-order valence-electron chi connectivity index (χ0n) is 12.4. The molecule has 1 aromatic heterocycles. The number of hydrogen-bond acceptors (Lipinski definition) is 4. The van der Waals surface area contributed by atoms with Gasteiger partial charge in [0.25, 0.3) is 5.19 Å². The minimum Gasteiger partial charge on any atom is -0.478 e. The first kappa shape index (κ1) is 17.0. The fourth-order valence-corrected chi connectivity index (χ4v) is 2.73. The second-order valence-electron chi connectivity index (χ2n) is 5.01. The number of benzene rings is 2. The molecule has 0 fully saturated rings. The number of aromatic carboxylic acids is 1. The van der Waals surface area contributed by atoms with Crippen molar-refractivity contribution < 1.29 is 27.8 Å². The van der Waals surface area contributed by atoms with Crippen LogP contribution in [0.1, 0.15) is 15.9 Å². The van der Waals surface area contributed by atoms with Crippen LogP contribution in [-0.2, 0) is 6.18 Å². The lowest BCUT2D eigenvalue weighted by molar-refractivity contribution is -0.137. The number of rotatable bonds is 4. The second-order valence-corrected chi connectivity index (χ2v) is 5.83. The first-order valence-electron chi connectivity index (χ1n) is 6.97. The third kappa shape index (κ3) is 3.97. The van der Waals surface area contributed by atoms with Gasteiger partial charge in [-0.2, -0.15) is 13.2 Å². The van der Waals surface area contributed by atoms with Gasteiger partial charge < -0.3 is 9.84 Å². The molecule has 0 aliphatic heterocycles. The molecule has 0 saturated carbocycles. The van der Waals surface area contributed by atoms with Gasteiger partial charge in [0.2, 0.25) is 0 Å². The normalized spacial score (nSPS) is 11.3. The van der Waals surface area contributed by atoms with Gasteiger partial charge in [-0.3, -0.25) is 0 Å². The van der Waals surface area contributed by atoms with Crippen LogP contribution < -0.4 is 4.74 Å². The molecular weight excluding hydrogens is 355 g/mol. The Bertz CT molecular complexity index is 887. The van der Waals surface area contributed by atoms with Crippen LogP contribution in [0.5, 0.6) is 10.9 Å². The van der Waals surface area contributed by atoms with Crippen LogP contribution in [0, 0.1) is 0 Å². The van der Waals surface area contributed by atoms with Crippen molar-refractivity contribution in [1.29, 1.82) is 0 Å². The molecule has 1 heterocycles. The molecular formula is C17H10F3NO3S. The van der Waals surface area contributed by atoms with Crippen LogP contribution in [0.2, 0.25) is 0 Å². The first-order valence-corrected chi connectivity index (χ1v) is 7.85. The van der Waals surface area contributed by atoms with Crippen LogP contribution in [0.3, 0.4) is 0 Å². The van der Waals surface area contributed by atoms with Gasteiger partial charge in [-0.05, 0) is 36.4 Å². The number of thiazole rings is 1. The topological polar surface area (TPSA) is 59.4 Å². The molecule has 0 aliphatic carbocycles. The highest BCUT2D eigenvalue weighted by Crippen LogP contribution is 2.33. The minimum absolute atomic E-state index is 0.167. The molecule has 0 saturated heterocycles. The Balaban J connectivity index is 1.74. The summed E-state index contributed by atoms with van der Waals surface area (Å²) < 4.78 is 43.0. The molecule has 0 atom stereocenters. The monoisotopic (exact) mass is 365 g/mol. The van der Waals surface area contributed by atoms with Gasteiger partial charge >= 0.3 is 12.1 Å². The van der Waals surface area contributed by atoms with E-state index in [2.05, 4.69) is 4.98 Å². The van der Waals surface area contributed by atoms with E-state index in [-0.39, 0.29) is 16.5 Å². The molecule has 128 valence electrons. The first-order chi connectivity index (χ1) is 11.8. The van der Waals surface area contributed by atoms with Crippen molar-refractivity contribution in [3.8, 4) is 22.2 Å². The number of carboxylic acids is 1. The Morgan fingerprint density at radius 3 is 2.24 bits per heavy atom. The van der Waals surface area contributed by atoms with Gasteiger partial charge in [0, 0.05) is 10.9 Å². The molecule has 0 aliphatic rings. The number of ether oxygens (including phenoxy) is 1. The Hall–Kier alpha value is -2.87. The third-order valence-corrected chi connectivity index (χ3v) is 4.01. The average Bonchev–Trinajstić information content (AvgIpc) is 3.03. The van der Waals surface area contributed by atoms with Crippen LogP contribution in [0.15, 0.2) is 53.9 Å². The van der Waals surface area contributed by atoms with Crippen molar-refractivity contribution >= 4 is 17.3 Å². The largest absolute Gasteiger partial charge is 0.478 e. The molecule has 1 N–H and O–H groups in total. The van der Waals surface area contributed by atoms with Gasteiger partial charge in [0.15, 0.2) is 0 Å². The second kappa shape index (κ2) is 6.56. The van der Waals surface area contributed by atoms with Crippen molar-refractivity contribution in [3.05, 3.63) is 65.0 Å². The summed E-state index contributed by atoms with van der Waals surface area (Å²) in [6.45, 7) is 0. The van der Waals surface area contributed by atoms with Crippen LogP contribution in [0.25, 0.3) is 11.3 Å². The maximum absolute atomic E-state index is 12.5. The summed E-state index contributed by atoms with van der Waals surface area (Å²) in [6, 6.07) is 10.5. The van der Waals surface area contributed by atoms with Gasteiger partial charge in [-0.1, -0.05) is 23.5 Å². The molecule has 2 aromatic carbocycles. The molecule has 0 radical (unpaired) electrons. The fourth-order valence-electron chi connectivity index (χ4n) is 2.03. The van der Waals surface area contributed by atoms with Crippen molar-refractivity contribution in [2.24, 2.45) is 0 Å². The summed E-state index contributed by atoms with van der Waals surface area (Å²) in [5, 5.41) is 10.9. The summed E-state index contributed by atoms with van der Waals surface area (Å²) in [7, 11) is 0. The van der Waals surface area contributed by atoms with Gasteiger partial charge in [-0.25, -0.2) is 9.78 Å².